The minimum Gasteiger partial charge on any atom is -0.491 e. The summed E-state index contributed by atoms with van der Waals surface area (Å²) in [6.45, 7) is 12.1. The SMILES string of the molecule is CCN(CC)Cc1ccc(CN=C(N)Nc2ccc(OC(C)C)cc2)cc1. The topological polar surface area (TPSA) is 62.9 Å². The van der Waals surface area contributed by atoms with Gasteiger partial charge >= 0.3 is 0 Å². The Labute approximate surface area is 163 Å². The maximum absolute atomic E-state index is 6.01. The van der Waals surface area contributed by atoms with E-state index in [0.29, 0.717) is 12.5 Å². The van der Waals surface area contributed by atoms with Crippen molar-refractivity contribution < 1.29 is 4.74 Å². The van der Waals surface area contributed by atoms with E-state index in [-0.39, 0.29) is 6.10 Å². The summed E-state index contributed by atoms with van der Waals surface area (Å²) >= 11 is 0. The molecule has 0 aliphatic heterocycles. The maximum Gasteiger partial charge on any atom is 0.193 e. The number of anilines is 1. The molecule has 146 valence electrons. The van der Waals surface area contributed by atoms with E-state index in [1.807, 2.05) is 38.1 Å². The third-order valence-electron chi connectivity index (χ3n) is 4.25. The molecule has 0 unspecified atom stereocenters. The van der Waals surface area contributed by atoms with Gasteiger partial charge in [0.25, 0.3) is 0 Å². The van der Waals surface area contributed by atoms with Gasteiger partial charge in [-0.25, -0.2) is 4.99 Å². The largest absolute Gasteiger partial charge is 0.491 e. The Morgan fingerprint density at radius 2 is 1.59 bits per heavy atom. The Morgan fingerprint density at radius 1 is 1.00 bits per heavy atom. The van der Waals surface area contributed by atoms with Crippen molar-refractivity contribution >= 4 is 11.6 Å². The van der Waals surface area contributed by atoms with Crippen molar-refractivity contribution in [2.45, 2.75) is 46.9 Å². The third kappa shape index (κ3) is 7.31. The molecule has 0 bridgehead atoms. The van der Waals surface area contributed by atoms with Crippen molar-refractivity contribution in [3.8, 4) is 5.75 Å². The van der Waals surface area contributed by atoms with Gasteiger partial charge in [-0.3, -0.25) is 4.90 Å². The molecule has 0 aliphatic rings. The van der Waals surface area contributed by atoms with Crippen LogP contribution in [-0.2, 0) is 13.1 Å². The minimum absolute atomic E-state index is 0.161. The highest BCUT2D eigenvalue weighted by Crippen LogP contribution is 2.16. The molecule has 0 saturated carbocycles. The van der Waals surface area contributed by atoms with E-state index in [1.54, 1.807) is 0 Å². The van der Waals surface area contributed by atoms with E-state index in [0.717, 1.165) is 36.6 Å². The summed E-state index contributed by atoms with van der Waals surface area (Å²) in [5.41, 5.74) is 9.36. The van der Waals surface area contributed by atoms with E-state index in [2.05, 4.69) is 53.3 Å². The van der Waals surface area contributed by atoms with Crippen LogP contribution in [0, 0.1) is 0 Å². The van der Waals surface area contributed by atoms with E-state index >= 15 is 0 Å². The smallest absolute Gasteiger partial charge is 0.193 e. The highest BCUT2D eigenvalue weighted by molar-refractivity contribution is 5.92. The molecule has 5 nitrogen and oxygen atoms in total. The first-order chi connectivity index (χ1) is 13.0. The molecular weight excluding hydrogens is 336 g/mol. The Hall–Kier alpha value is -2.53. The Balaban J connectivity index is 1.87. The van der Waals surface area contributed by atoms with Gasteiger partial charge in [-0.2, -0.15) is 0 Å². The van der Waals surface area contributed by atoms with E-state index in [1.165, 1.54) is 5.56 Å². The van der Waals surface area contributed by atoms with Crippen molar-refractivity contribution in [3.05, 3.63) is 59.7 Å². The molecule has 3 N–H and O–H groups in total. The standard InChI is InChI=1S/C22H32N4O/c1-5-26(6-2)16-19-9-7-18(8-10-19)15-24-22(23)25-20-11-13-21(14-12-20)27-17(3)4/h7-14,17H,5-6,15-16H2,1-4H3,(H3,23,24,25). The van der Waals surface area contributed by atoms with Gasteiger partial charge in [0, 0.05) is 12.2 Å². The summed E-state index contributed by atoms with van der Waals surface area (Å²) in [5.74, 6) is 1.25. The van der Waals surface area contributed by atoms with Crippen LogP contribution in [0.2, 0.25) is 0 Å². The average Bonchev–Trinajstić information content (AvgIpc) is 2.66. The highest BCUT2D eigenvalue weighted by Gasteiger charge is 2.02. The molecule has 2 rings (SSSR count). The first-order valence-electron chi connectivity index (χ1n) is 9.64. The number of guanidine groups is 1. The Bertz CT molecular complexity index is 704. The Morgan fingerprint density at radius 3 is 2.15 bits per heavy atom. The quantitative estimate of drug-likeness (QED) is 0.513. The predicted octanol–water partition coefficient (Wildman–Crippen LogP) is 4.24. The van der Waals surface area contributed by atoms with Crippen LogP contribution in [-0.4, -0.2) is 30.1 Å². The zero-order chi connectivity index (χ0) is 19.6. The van der Waals surface area contributed by atoms with Gasteiger partial charge in [-0.15, -0.1) is 0 Å². The lowest BCUT2D eigenvalue weighted by atomic mass is 10.1. The maximum atomic E-state index is 6.01. The van der Waals surface area contributed by atoms with Gasteiger partial charge in [0.15, 0.2) is 5.96 Å². The summed E-state index contributed by atoms with van der Waals surface area (Å²) in [6.07, 6.45) is 0.161. The zero-order valence-electron chi connectivity index (χ0n) is 16.9. The molecule has 0 heterocycles. The molecule has 0 amide bonds. The van der Waals surface area contributed by atoms with Crippen molar-refractivity contribution in [3.63, 3.8) is 0 Å². The molecule has 27 heavy (non-hydrogen) atoms. The summed E-state index contributed by atoms with van der Waals surface area (Å²) < 4.78 is 5.64. The van der Waals surface area contributed by atoms with Crippen LogP contribution >= 0.6 is 0 Å². The number of benzene rings is 2. The summed E-state index contributed by atoms with van der Waals surface area (Å²) in [7, 11) is 0. The van der Waals surface area contributed by atoms with Crippen LogP contribution in [0.5, 0.6) is 5.75 Å². The monoisotopic (exact) mass is 368 g/mol. The van der Waals surface area contributed by atoms with Crippen LogP contribution in [0.15, 0.2) is 53.5 Å². The molecule has 0 fully saturated rings. The fraction of sp³-hybridized carbons (Fsp3) is 0.409. The van der Waals surface area contributed by atoms with E-state index in [9.17, 15) is 0 Å². The molecule has 0 atom stereocenters. The highest BCUT2D eigenvalue weighted by atomic mass is 16.5. The summed E-state index contributed by atoms with van der Waals surface area (Å²) in [4.78, 5) is 6.82. The van der Waals surface area contributed by atoms with Crippen LogP contribution in [0.4, 0.5) is 5.69 Å². The second-order valence-electron chi connectivity index (χ2n) is 6.80. The van der Waals surface area contributed by atoms with Gasteiger partial charge in [0.1, 0.15) is 5.75 Å². The van der Waals surface area contributed by atoms with Gasteiger partial charge in [-0.1, -0.05) is 38.1 Å². The number of ether oxygens (including phenoxy) is 1. The fourth-order valence-corrected chi connectivity index (χ4v) is 2.71. The number of aliphatic imine (C=N–C) groups is 1. The molecule has 0 spiro atoms. The lowest BCUT2D eigenvalue weighted by Gasteiger charge is -2.17. The molecule has 0 radical (unpaired) electrons. The first kappa shape index (κ1) is 20.8. The number of nitrogens with zero attached hydrogens (tertiary/aromatic N) is 2. The molecule has 0 aliphatic carbocycles. The second-order valence-corrected chi connectivity index (χ2v) is 6.80. The van der Waals surface area contributed by atoms with Crippen LogP contribution < -0.4 is 15.8 Å². The van der Waals surface area contributed by atoms with Crippen LogP contribution in [0.25, 0.3) is 0 Å². The van der Waals surface area contributed by atoms with Crippen molar-refractivity contribution in [1.29, 1.82) is 0 Å². The van der Waals surface area contributed by atoms with Crippen molar-refractivity contribution in [2.24, 2.45) is 10.7 Å². The van der Waals surface area contributed by atoms with Crippen molar-refractivity contribution in [1.82, 2.24) is 4.90 Å². The third-order valence-corrected chi connectivity index (χ3v) is 4.25. The van der Waals surface area contributed by atoms with Gasteiger partial charge in [-0.05, 0) is 62.3 Å². The number of rotatable bonds is 9. The minimum atomic E-state index is 0.161. The lowest BCUT2D eigenvalue weighted by Crippen LogP contribution is -2.22. The van der Waals surface area contributed by atoms with E-state index in [4.69, 9.17) is 10.5 Å². The van der Waals surface area contributed by atoms with Gasteiger partial charge < -0.3 is 15.8 Å². The molecule has 0 aromatic heterocycles. The number of hydrogen-bond donors (Lipinski definition) is 2. The Kier molecular flexibility index (Phi) is 8.14. The second kappa shape index (κ2) is 10.6. The lowest BCUT2D eigenvalue weighted by molar-refractivity contribution is 0.242. The van der Waals surface area contributed by atoms with Gasteiger partial charge in [0.05, 0.1) is 12.6 Å². The predicted molar refractivity (Wildman–Crippen MR) is 114 cm³/mol. The molecule has 2 aromatic rings. The number of nitrogens with one attached hydrogen (secondary N) is 1. The molecular formula is C22H32N4O. The van der Waals surface area contributed by atoms with Crippen molar-refractivity contribution in [2.75, 3.05) is 18.4 Å². The average molecular weight is 369 g/mol. The van der Waals surface area contributed by atoms with Crippen LogP contribution in [0.1, 0.15) is 38.8 Å². The zero-order valence-corrected chi connectivity index (χ0v) is 16.9. The normalized spacial score (nSPS) is 11.9. The summed E-state index contributed by atoms with van der Waals surface area (Å²) in [5, 5.41) is 3.11. The van der Waals surface area contributed by atoms with Crippen LogP contribution in [0.3, 0.4) is 0 Å². The fourth-order valence-electron chi connectivity index (χ4n) is 2.71. The number of hydrogen-bond acceptors (Lipinski definition) is 3. The summed E-state index contributed by atoms with van der Waals surface area (Å²) in [6, 6.07) is 16.3. The molecule has 5 heteroatoms. The van der Waals surface area contributed by atoms with E-state index < -0.39 is 0 Å². The molecule has 0 saturated heterocycles. The number of nitrogens with two attached hydrogens (primary N) is 1. The first-order valence-corrected chi connectivity index (χ1v) is 9.64. The molecule has 2 aromatic carbocycles. The van der Waals surface area contributed by atoms with Gasteiger partial charge in [0.2, 0.25) is 0 Å².